The second kappa shape index (κ2) is 14.0. The first kappa shape index (κ1) is 53.4. The lowest BCUT2D eigenvalue weighted by Crippen LogP contribution is -2.68. The normalized spacial score (nSPS) is 20.2. The van der Waals surface area contributed by atoms with Gasteiger partial charge in [-0.3, -0.25) is 9.47 Å². The molecule has 0 aromatic rings. The first-order valence-corrected chi connectivity index (χ1v) is 11.1. The lowest BCUT2D eigenvalue weighted by atomic mass is 10.2. The van der Waals surface area contributed by atoms with E-state index in [1.54, 1.807) is 0 Å². The molecule has 6 nitrogen and oxygen atoms in total. The van der Waals surface area contributed by atoms with Gasteiger partial charge in [-0.1, -0.05) is 0 Å². The van der Waals surface area contributed by atoms with Crippen LogP contribution in [0.5, 0.6) is 0 Å². The minimum Gasteiger partial charge on any atom is -0.262 e. The van der Waals surface area contributed by atoms with Gasteiger partial charge in [0.2, 0.25) is 0 Å². The predicted octanol–water partition coefficient (Wildman–Crippen LogP) is 10.6. The summed E-state index contributed by atoms with van der Waals surface area (Å²) in [6, 6.07) is -17.1. The first-order valence-electron chi connectivity index (χ1n) is 11.1. The third-order valence-electron chi connectivity index (χ3n) is 4.91. The van der Waals surface area contributed by atoms with E-state index in [9.17, 15) is 149 Å². The maximum absolute atomic E-state index is 14.2. The molecule has 40 heteroatoms. The molecule has 56 heavy (non-hydrogen) atoms. The Morgan fingerprint density at radius 1 is 0.196 bits per heavy atom. The summed E-state index contributed by atoms with van der Waals surface area (Å²) in [5.41, 5.74) is 0. The van der Waals surface area contributed by atoms with Crippen molar-refractivity contribution in [2.24, 2.45) is 0 Å². The number of rotatable bonds is 15. The molecule has 4 unspecified atom stereocenters. The van der Waals surface area contributed by atoms with E-state index in [1.807, 2.05) is 0 Å². The predicted molar refractivity (Wildman–Crippen MR) is 87.9 cm³/mol. The van der Waals surface area contributed by atoms with Gasteiger partial charge >= 0.3 is 97.1 Å². The van der Waals surface area contributed by atoms with Crippen molar-refractivity contribution in [1.29, 1.82) is 0 Å². The molecule has 0 aliphatic rings. The third-order valence-corrected chi connectivity index (χ3v) is 4.91. The summed E-state index contributed by atoms with van der Waals surface area (Å²) >= 11 is 0. The maximum Gasteiger partial charge on any atom is 0.480 e. The van der Waals surface area contributed by atoms with Gasteiger partial charge in [0.05, 0.1) is 0 Å². The maximum atomic E-state index is 14.2. The molecular formula is C16F34O6. The Morgan fingerprint density at radius 2 is 0.393 bits per heavy atom. The van der Waals surface area contributed by atoms with E-state index >= 15 is 0 Å². The molecule has 338 valence electrons. The highest BCUT2D eigenvalue weighted by atomic mass is 19.5. The van der Waals surface area contributed by atoms with Crippen molar-refractivity contribution in [3.63, 3.8) is 0 Å². The Labute approximate surface area is 276 Å². The summed E-state index contributed by atoms with van der Waals surface area (Å²) in [5.74, 6) is -34.6. The largest absolute Gasteiger partial charge is 0.480 e. The van der Waals surface area contributed by atoms with Crippen LogP contribution in [0.3, 0.4) is 0 Å². The van der Waals surface area contributed by atoms with Crippen LogP contribution in [0, 0.1) is 0 Å². The highest BCUT2D eigenvalue weighted by Gasteiger charge is 2.88. The smallest absolute Gasteiger partial charge is 0.262 e. The lowest BCUT2D eigenvalue weighted by molar-refractivity contribution is -0.663. The SMILES string of the molecule is FC(F)(F)C(F)(OOC(F)(OC(F)(F)C(F)(OC(F)(F)C(F)(F)C(F)(F)F)C(F)(F)F)C(F)(F)F)OC(F)(F)C(F)(OC(F)(F)C(F)(F)C(F)(F)F)C(F)(F)F. The van der Waals surface area contributed by atoms with Gasteiger partial charge in [-0.05, 0) is 0 Å². The van der Waals surface area contributed by atoms with E-state index in [0.717, 1.165) is 18.9 Å². The van der Waals surface area contributed by atoms with Crippen LogP contribution < -0.4 is 0 Å². The van der Waals surface area contributed by atoms with Gasteiger partial charge in [0, 0.05) is 0 Å². The van der Waals surface area contributed by atoms with Gasteiger partial charge in [-0.15, -0.1) is 0 Å². The third kappa shape index (κ3) is 9.31. The van der Waals surface area contributed by atoms with Crippen LogP contribution in [0.25, 0.3) is 0 Å². The Morgan fingerprint density at radius 3 is 0.536 bits per heavy atom. The molecule has 0 fully saturated rings. The van der Waals surface area contributed by atoms with Gasteiger partial charge in [-0.2, -0.15) is 159 Å². The molecule has 0 aromatic carbocycles. The number of ether oxygens (including phenoxy) is 4. The standard InChI is InChI=1S/C16F34O6/c17-1(18,5(23,24)25)11(41,42)51-3(21,7(29,30)31)13(45,46)53-15(49,9(35,36)37)55-56-16(50,10(38,39)40)54-14(47,48)4(22,8(32,33)34)52-12(43,44)2(19,20)6(26,27)28. The zero-order chi connectivity index (χ0) is 46.2. The minimum atomic E-state index is -8.94. The highest BCUT2D eigenvalue weighted by Crippen LogP contribution is 2.59. The summed E-state index contributed by atoms with van der Waals surface area (Å²) in [5, 5.41) is 0. The topological polar surface area (TPSA) is 55.4 Å². The molecule has 0 aromatic heterocycles. The average Bonchev–Trinajstić information content (AvgIpc) is 2.86. The molecule has 0 rings (SSSR count). The van der Waals surface area contributed by atoms with Crippen LogP contribution >= 0.6 is 0 Å². The molecule has 0 aliphatic carbocycles. The van der Waals surface area contributed by atoms with Crippen molar-refractivity contribution in [2.45, 2.75) is 97.1 Å². The molecule has 0 N–H and O–H groups in total. The summed E-state index contributed by atoms with van der Waals surface area (Å²) in [6.45, 7) is 0. The van der Waals surface area contributed by atoms with Crippen molar-refractivity contribution in [3.8, 4) is 0 Å². The molecule has 0 heterocycles. The van der Waals surface area contributed by atoms with Crippen LogP contribution in [0.2, 0.25) is 0 Å². The molecule has 4 atom stereocenters. The molecule has 0 bridgehead atoms. The second-order valence-corrected chi connectivity index (χ2v) is 9.04. The van der Waals surface area contributed by atoms with E-state index < -0.39 is 97.1 Å². The van der Waals surface area contributed by atoms with Crippen molar-refractivity contribution in [1.82, 2.24) is 0 Å². The van der Waals surface area contributed by atoms with E-state index in [2.05, 4.69) is 0 Å². The first-order chi connectivity index (χ1) is 23.5. The van der Waals surface area contributed by atoms with Crippen molar-refractivity contribution < 1.29 is 178 Å². The number of halogens is 34. The molecule has 0 aliphatic heterocycles. The van der Waals surface area contributed by atoms with E-state index in [1.165, 1.54) is 9.78 Å². The minimum absolute atomic E-state index is 0.899. The molecule has 0 saturated heterocycles. The molecule has 0 saturated carbocycles. The van der Waals surface area contributed by atoms with E-state index in [4.69, 9.17) is 0 Å². The average molecular weight is 934 g/mol. The highest BCUT2D eigenvalue weighted by molar-refractivity contribution is 4.95. The van der Waals surface area contributed by atoms with Crippen molar-refractivity contribution in [2.75, 3.05) is 0 Å². The quantitative estimate of drug-likeness (QED) is 0.0706. The zero-order valence-corrected chi connectivity index (χ0v) is 23.3. The van der Waals surface area contributed by atoms with Crippen LogP contribution in [-0.2, 0) is 28.7 Å². The fourth-order valence-corrected chi connectivity index (χ4v) is 2.19. The van der Waals surface area contributed by atoms with Crippen LogP contribution in [0.1, 0.15) is 0 Å². The molecule has 0 spiro atoms. The number of alkyl halides is 34. The molecular weight excluding hydrogens is 934 g/mol. The fraction of sp³-hybridized carbons (Fsp3) is 1.00. The van der Waals surface area contributed by atoms with Gasteiger partial charge in [-0.25, -0.2) is 9.47 Å². The second-order valence-electron chi connectivity index (χ2n) is 9.04. The monoisotopic (exact) mass is 934 g/mol. The van der Waals surface area contributed by atoms with E-state index in [-0.39, 0.29) is 0 Å². The molecule has 0 radical (unpaired) electrons. The summed E-state index contributed by atoms with van der Waals surface area (Å²) < 4.78 is 448. The van der Waals surface area contributed by atoms with Gasteiger partial charge in [0.15, 0.2) is 0 Å². The van der Waals surface area contributed by atoms with Crippen molar-refractivity contribution >= 4 is 0 Å². The molecule has 0 amide bonds. The lowest BCUT2D eigenvalue weighted by Gasteiger charge is -2.41. The summed E-state index contributed by atoms with van der Waals surface area (Å²) in [7, 11) is 0. The Hall–Kier alpha value is -2.62. The Kier molecular flexibility index (Phi) is 13.3. The van der Waals surface area contributed by atoms with Crippen LogP contribution in [0.15, 0.2) is 0 Å². The Balaban J connectivity index is 7.44. The van der Waals surface area contributed by atoms with Gasteiger partial charge in [0.1, 0.15) is 0 Å². The number of hydrogen-bond donors (Lipinski definition) is 0. The van der Waals surface area contributed by atoms with Gasteiger partial charge in [0.25, 0.3) is 0 Å². The van der Waals surface area contributed by atoms with Crippen molar-refractivity contribution in [3.05, 3.63) is 0 Å². The number of hydrogen-bond acceptors (Lipinski definition) is 6. The fourth-order valence-electron chi connectivity index (χ4n) is 2.19. The zero-order valence-electron chi connectivity index (χ0n) is 23.3. The van der Waals surface area contributed by atoms with Gasteiger partial charge < -0.3 is 0 Å². The van der Waals surface area contributed by atoms with Crippen LogP contribution in [-0.4, -0.2) is 97.1 Å². The van der Waals surface area contributed by atoms with E-state index in [0.29, 0.717) is 0 Å². The summed E-state index contributed by atoms with van der Waals surface area (Å²) in [4.78, 5) is 2.42. The Bertz CT molecular complexity index is 1250. The summed E-state index contributed by atoms with van der Waals surface area (Å²) in [6.07, 6.45) is -85.4. The van der Waals surface area contributed by atoms with Crippen LogP contribution in [0.4, 0.5) is 149 Å².